The number of hydrogen-bond donors (Lipinski definition) is 1. The van der Waals surface area contributed by atoms with E-state index in [0.29, 0.717) is 21.9 Å². The van der Waals surface area contributed by atoms with E-state index in [0.717, 1.165) is 31.7 Å². The van der Waals surface area contributed by atoms with Gasteiger partial charge >= 0.3 is 5.97 Å². The number of fused-ring (bicyclic) bond motifs is 3. The van der Waals surface area contributed by atoms with Crippen molar-refractivity contribution in [2.24, 2.45) is 0 Å². The second kappa shape index (κ2) is 9.04. The maximum absolute atomic E-state index is 15.1. The summed E-state index contributed by atoms with van der Waals surface area (Å²) in [6, 6.07) is 7.86. The van der Waals surface area contributed by atoms with Gasteiger partial charge in [-0.3, -0.25) is 9.88 Å². The zero-order chi connectivity index (χ0) is 23.8. The molecule has 0 bridgehead atoms. The lowest BCUT2D eigenvalue weighted by Gasteiger charge is -2.39. The zero-order valence-electron chi connectivity index (χ0n) is 19.1. The fourth-order valence-corrected chi connectivity index (χ4v) is 4.84. The number of carbonyl (C=O) groups is 1. The van der Waals surface area contributed by atoms with Crippen LogP contribution in [0, 0.1) is 5.82 Å². The number of furan rings is 1. The van der Waals surface area contributed by atoms with Crippen molar-refractivity contribution in [3.63, 3.8) is 0 Å². The number of nitrogens with zero attached hydrogens (tertiary/aromatic N) is 3. The smallest absolute Gasteiger partial charge is 0.342 e. The van der Waals surface area contributed by atoms with E-state index < -0.39 is 17.8 Å². The van der Waals surface area contributed by atoms with Gasteiger partial charge in [0.05, 0.1) is 18.0 Å². The van der Waals surface area contributed by atoms with Crippen molar-refractivity contribution in [3.8, 4) is 5.75 Å². The second-order valence-electron chi connectivity index (χ2n) is 8.52. The van der Waals surface area contributed by atoms with E-state index in [9.17, 15) is 9.90 Å². The van der Waals surface area contributed by atoms with Crippen molar-refractivity contribution in [2.75, 3.05) is 39.8 Å². The van der Waals surface area contributed by atoms with Crippen LogP contribution in [-0.2, 0) is 4.74 Å². The molecule has 0 aliphatic carbocycles. The maximum Gasteiger partial charge on any atom is 0.342 e. The summed E-state index contributed by atoms with van der Waals surface area (Å²) in [6.45, 7) is 5.06. The number of aromatic nitrogens is 1. The van der Waals surface area contributed by atoms with E-state index in [1.807, 2.05) is 12.1 Å². The van der Waals surface area contributed by atoms with Crippen LogP contribution in [0.1, 0.15) is 34.5 Å². The molecule has 0 radical (unpaired) electrons. The van der Waals surface area contributed by atoms with Gasteiger partial charge in [0.25, 0.3) is 0 Å². The molecule has 0 spiro atoms. The predicted octanol–water partition coefficient (Wildman–Crippen LogP) is 4.34. The number of rotatable bonds is 5. The van der Waals surface area contributed by atoms with Gasteiger partial charge in [0.1, 0.15) is 29.0 Å². The Hall–Kier alpha value is -3.49. The van der Waals surface area contributed by atoms with E-state index in [1.165, 1.54) is 12.3 Å². The minimum absolute atomic E-state index is 0.0722. The van der Waals surface area contributed by atoms with Crippen molar-refractivity contribution in [1.29, 1.82) is 0 Å². The highest BCUT2D eigenvalue weighted by molar-refractivity contribution is 6.16. The molecule has 0 saturated carbocycles. The summed E-state index contributed by atoms with van der Waals surface area (Å²) in [5.41, 5.74) is 1.86. The van der Waals surface area contributed by atoms with Crippen molar-refractivity contribution in [2.45, 2.75) is 13.0 Å². The number of aromatic hydroxyl groups is 1. The first-order valence-corrected chi connectivity index (χ1v) is 11.3. The quantitative estimate of drug-likeness (QED) is 0.441. The third kappa shape index (κ3) is 3.69. The van der Waals surface area contributed by atoms with Gasteiger partial charge < -0.3 is 19.2 Å². The number of likely N-dealkylation sites (N-methyl/N-ethyl adjacent to an activating group) is 1. The molecule has 3 heterocycles. The number of esters is 1. The molecule has 176 valence electrons. The molecule has 2 aromatic carbocycles. The summed E-state index contributed by atoms with van der Waals surface area (Å²) in [5, 5.41) is 12.5. The molecule has 1 aliphatic heterocycles. The highest BCUT2D eigenvalue weighted by Gasteiger charge is 2.34. The zero-order valence-corrected chi connectivity index (χ0v) is 19.1. The molecule has 1 fully saturated rings. The van der Waals surface area contributed by atoms with E-state index in [1.54, 1.807) is 31.5 Å². The van der Waals surface area contributed by atoms with Crippen LogP contribution < -0.4 is 0 Å². The monoisotopic (exact) mass is 463 g/mol. The maximum atomic E-state index is 15.1. The van der Waals surface area contributed by atoms with Gasteiger partial charge in [-0.05, 0) is 37.7 Å². The number of pyridine rings is 1. The number of piperazine rings is 1. The highest BCUT2D eigenvalue weighted by atomic mass is 19.1. The summed E-state index contributed by atoms with van der Waals surface area (Å²) in [4.78, 5) is 21.5. The molecule has 1 N–H and O–H groups in total. The number of hydrogen-bond acceptors (Lipinski definition) is 7. The summed E-state index contributed by atoms with van der Waals surface area (Å²) >= 11 is 0. The summed E-state index contributed by atoms with van der Waals surface area (Å²) < 4.78 is 26.2. The lowest BCUT2D eigenvalue weighted by molar-refractivity contribution is 0.0527. The largest absolute Gasteiger partial charge is 0.507 e. The van der Waals surface area contributed by atoms with Crippen molar-refractivity contribution in [1.82, 2.24) is 14.8 Å². The Kier molecular flexibility index (Phi) is 5.93. The minimum atomic E-state index is -0.556. The number of benzene rings is 2. The van der Waals surface area contributed by atoms with Gasteiger partial charge in [-0.25, -0.2) is 9.18 Å². The minimum Gasteiger partial charge on any atom is -0.507 e. The van der Waals surface area contributed by atoms with Gasteiger partial charge in [0, 0.05) is 54.9 Å². The molecule has 7 nitrogen and oxygen atoms in total. The van der Waals surface area contributed by atoms with Crippen LogP contribution in [0.15, 0.2) is 53.4 Å². The third-order valence-corrected chi connectivity index (χ3v) is 6.50. The first-order valence-electron chi connectivity index (χ1n) is 11.3. The Morgan fingerprint density at radius 2 is 1.91 bits per heavy atom. The molecular weight excluding hydrogens is 437 g/mol. The van der Waals surface area contributed by atoms with Crippen LogP contribution in [0.4, 0.5) is 4.39 Å². The third-order valence-electron chi connectivity index (χ3n) is 6.50. The van der Waals surface area contributed by atoms with Crippen LogP contribution in [0.2, 0.25) is 0 Å². The molecule has 34 heavy (non-hydrogen) atoms. The Morgan fingerprint density at radius 1 is 1.18 bits per heavy atom. The van der Waals surface area contributed by atoms with Crippen LogP contribution in [-0.4, -0.2) is 65.7 Å². The number of phenols is 1. The molecule has 0 amide bonds. The molecular formula is C26H26FN3O4. The van der Waals surface area contributed by atoms with E-state index in [-0.39, 0.29) is 23.3 Å². The SMILES string of the molecule is CCOC(=O)c1coc2c1c(C(c1ccncc1)N1CCN(C)CC1)c(O)c1c(F)cccc12. The van der Waals surface area contributed by atoms with Gasteiger partial charge in [0.2, 0.25) is 0 Å². The summed E-state index contributed by atoms with van der Waals surface area (Å²) in [6.07, 6.45) is 4.72. The Morgan fingerprint density at radius 3 is 2.62 bits per heavy atom. The van der Waals surface area contributed by atoms with Gasteiger partial charge in [-0.2, -0.15) is 0 Å². The number of halogens is 1. The fraction of sp³-hybridized carbons (Fsp3) is 0.308. The summed E-state index contributed by atoms with van der Waals surface area (Å²) in [5.74, 6) is -1.31. The van der Waals surface area contributed by atoms with E-state index in [2.05, 4.69) is 21.8 Å². The number of ether oxygens (including phenoxy) is 1. The van der Waals surface area contributed by atoms with Crippen molar-refractivity contribution < 1.29 is 23.4 Å². The Bertz CT molecular complexity index is 1350. The van der Waals surface area contributed by atoms with Crippen LogP contribution in [0.25, 0.3) is 21.7 Å². The molecule has 1 unspecified atom stereocenters. The predicted molar refractivity (Wildman–Crippen MR) is 126 cm³/mol. The standard InChI is InChI=1S/C26H26FN3O4/c1-3-33-26(32)18-15-34-25-17-5-4-6-19(27)20(17)24(31)22(21(18)25)23(16-7-9-28-10-8-16)30-13-11-29(2)12-14-30/h4-10,15,23,31H,3,11-14H2,1-2H3. The lowest BCUT2D eigenvalue weighted by atomic mass is 9.89. The summed E-state index contributed by atoms with van der Waals surface area (Å²) in [7, 11) is 2.06. The van der Waals surface area contributed by atoms with Crippen LogP contribution in [0.3, 0.4) is 0 Å². The van der Waals surface area contributed by atoms with Crippen LogP contribution >= 0.6 is 0 Å². The van der Waals surface area contributed by atoms with Crippen molar-refractivity contribution >= 4 is 27.7 Å². The normalized spacial score (nSPS) is 16.2. The van der Waals surface area contributed by atoms with Gasteiger partial charge in [-0.1, -0.05) is 12.1 Å². The molecule has 1 atom stereocenters. The molecule has 1 saturated heterocycles. The molecule has 1 aliphatic rings. The Labute approximate surface area is 196 Å². The van der Waals surface area contributed by atoms with Crippen LogP contribution in [0.5, 0.6) is 5.75 Å². The average Bonchev–Trinajstić information content (AvgIpc) is 3.28. The van der Waals surface area contributed by atoms with Gasteiger partial charge in [0.15, 0.2) is 0 Å². The average molecular weight is 464 g/mol. The molecule has 2 aromatic heterocycles. The fourth-order valence-electron chi connectivity index (χ4n) is 4.84. The highest BCUT2D eigenvalue weighted by Crippen LogP contribution is 2.47. The van der Waals surface area contributed by atoms with Gasteiger partial charge in [-0.15, -0.1) is 0 Å². The van der Waals surface area contributed by atoms with E-state index >= 15 is 4.39 Å². The molecule has 5 rings (SSSR count). The van der Waals surface area contributed by atoms with Crippen molar-refractivity contribution in [3.05, 3.63) is 71.5 Å². The number of phenolic OH excluding ortho intramolecular Hbond substituents is 1. The topological polar surface area (TPSA) is 79.0 Å². The Balaban J connectivity index is 1.86. The molecule has 4 aromatic rings. The molecule has 8 heteroatoms. The first-order chi connectivity index (χ1) is 16.5. The lowest BCUT2D eigenvalue weighted by Crippen LogP contribution is -2.46. The number of carbonyl (C=O) groups excluding carboxylic acids is 1. The first kappa shape index (κ1) is 22.3. The van der Waals surface area contributed by atoms with E-state index in [4.69, 9.17) is 9.15 Å². The second-order valence-corrected chi connectivity index (χ2v) is 8.52.